The molecular weight excluding hydrogens is 343 g/mol. The van der Waals surface area contributed by atoms with E-state index >= 15 is 0 Å². The molecule has 0 saturated carbocycles. The molecule has 0 saturated heterocycles. The highest BCUT2D eigenvalue weighted by Crippen LogP contribution is 2.30. The third-order valence-corrected chi connectivity index (χ3v) is 5.85. The Kier molecular flexibility index (Phi) is 7.81. The summed E-state index contributed by atoms with van der Waals surface area (Å²) in [5, 5.41) is 0.227. The Morgan fingerprint density at radius 3 is 2.25 bits per heavy atom. The van der Waals surface area contributed by atoms with Gasteiger partial charge in [0.25, 0.3) is 0 Å². The Morgan fingerprint density at radius 1 is 1.25 bits per heavy atom. The lowest BCUT2D eigenvalue weighted by Gasteiger charge is -2.31. The predicted molar refractivity (Wildman–Crippen MR) is 86.4 cm³/mol. The Bertz CT molecular complexity index is 537. The average molecular weight is 362 g/mol. The maximum absolute atomic E-state index is 12.4. The summed E-state index contributed by atoms with van der Waals surface area (Å²) in [6.07, 6.45) is 1.19. The van der Waals surface area contributed by atoms with Crippen molar-refractivity contribution in [3.63, 3.8) is 0 Å². The van der Waals surface area contributed by atoms with Crippen LogP contribution in [-0.2, 0) is 10.0 Å². The number of hydrogen-bond acceptors (Lipinski definition) is 3. The third-order valence-electron chi connectivity index (χ3n) is 3.30. The second-order valence-electron chi connectivity index (χ2n) is 4.35. The summed E-state index contributed by atoms with van der Waals surface area (Å²) < 4.78 is 27.4. The number of nitrogens with one attached hydrogen (secondary N) is 1. The Labute approximate surface area is 136 Å². The fourth-order valence-electron chi connectivity index (χ4n) is 1.76. The predicted octanol–water partition coefficient (Wildman–Crippen LogP) is 3.21. The Morgan fingerprint density at radius 2 is 1.80 bits per heavy atom. The Balaban J connectivity index is 0.00000361. The molecular formula is C12H19Cl3N2O2S. The molecule has 0 atom stereocenters. The van der Waals surface area contributed by atoms with Gasteiger partial charge in [-0.3, -0.25) is 0 Å². The first-order chi connectivity index (χ1) is 8.82. The lowest BCUT2D eigenvalue weighted by Crippen LogP contribution is -2.52. The second-order valence-corrected chi connectivity index (χ2v) is 6.79. The number of rotatable bonds is 6. The van der Waals surface area contributed by atoms with Crippen molar-refractivity contribution < 1.29 is 8.42 Å². The third kappa shape index (κ3) is 4.23. The molecule has 1 aromatic rings. The highest BCUT2D eigenvalue weighted by Gasteiger charge is 2.32. The fourth-order valence-corrected chi connectivity index (χ4v) is 4.07. The molecule has 0 unspecified atom stereocenters. The summed E-state index contributed by atoms with van der Waals surface area (Å²) in [5.41, 5.74) is 5.03. The first-order valence-electron chi connectivity index (χ1n) is 6.00. The van der Waals surface area contributed by atoms with E-state index in [1.54, 1.807) is 12.1 Å². The minimum absolute atomic E-state index is 0. The number of sulfonamides is 1. The molecule has 0 amide bonds. The average Bonchev–Trinajstić information content (AvgIpc) is 2.39. The van der Waals surface area contributed by atoms with Crippen molar-refractivity contribution in [2.24, 2.45) is 5.73 Å². The van der Waals surface area contributed by atoms with Gasteiger partial charge in [0.1, 0.15) is 4.90 Å². The van der Waals surface area contributed by atoms with Gasteiger partial charge in [0, 0.05) is 12.1 Å². The molecule has 0 fully saturated rings. The van der Waals surface area contributed by atoms with Crippen LogP contribution in [0, 0.1) is 0 Å². The molecule has 0 bridgehead atoms. The van der Waals surface area contributed by atoms with Gasteiger partial charge in [-0.05, 0) is 25.0 Å². The first kappa shape index (κ1) is 20.0. The van der Waals surface area contributed by atoms with E-state index in [1.165, 1.54) is 6.07 Å². The van der Waals surface area contributed by atoms with Crippen LogP contribution in [0.5, 0.6) is 0 Å². The molecule has 116 valence electrons. The van der Waals surface area contributed by atoms with Crippen molar-refractivity contribution in [2.45, 2.75) is 37.1 Å². The summed E-state index contributed by atoms with van der Waals surface area (Å²) >= 11 is 11.8. The maximum atomic E-state index is 12.4. The van der Waals surface area contributed by atoms with Gasteiger partial charge in [-0.15, -0.1) is 12.4 Å². The van der Waals surface area contributed by atoms with Gasteiger partial charge in [0.2, 0.25) is 10.0 Å². The second kappa shape index (κ2) is 7.82. The van der Waals surface area contributed by atoms with Crippen LogP contribution >= 0.6 is 35.6 Å². The normalized spacial score (nSPS) is 12.1. The van der Waals surface area contributed by atoms with E-state index in [-0.39, 0.29) is 33.9 Å². The number of halogens is 3. The molecule has 1 aromatic carbocycles. The molecule has 0 radical (unpaired) electrons. The zero-order valence-electron chi connectivity index (χ0n) is 11.3. The van der Waals surface area contributed by atoms with Crippen molar-refractivity contribution in [1.82, 2.24) is 4.72 Å². The molecule has 20 heavy (non-hydrogen) atoms. The highest BCUT2D eigenvalue weighted by molar-refractivity contribution is 7.89. The molecule has 0 aliphatic carbocycles. The zero-order chi connectivity index (χ0) is 14.7. The smallest absolute Gasteiger partial charge is 0.242 e. The van der Waals surface area contributed by atoms with Gasteiger partial charge >= 0.3 is 0 Å². The number of hydrogen-bond donors (Lipinski definition) is 2. The van der Waals surface area contributed by atoms with E-state index in [1.807, 2.05) is 13.8 Å². The Hall–Kier alpha value is -0.0400. The van der Waals surface area contributed by atoms with Gasteiger partial charge in [-0.1, -0.05) is 43.1 Å². The summed E-state index contributed by atoms with van der Waals surface area (Å²) in [5.74, 6) is 0. The van der Waals surface area contributed by atoms with Gasteiger partial charge in [-0.25, -0.2) is 13.1 Å². The summed E-state index contributed by atoms with van der Waals surface area (Å²) in [6, 6.07) is 4.51. The van der Waals surface area contributed by atoms with Crippen LogP contribution < -0.4 is 10.5 Å². The molecule has 1 rings (SSSR count). The fraction of sp³-hybridized carbons (Fsp3) is 0.500. The van der Waals surface area contributed by atoms with Crippen molar-refractivity contribution in [3.8, 4) is 0 Å². The minimum atomic E-state index is -3.75. The summed E-state index contributed by atoms with van der Waals surface area (Å²) in [4.78, 5) is -0.0265. The molecule has 0 aromatic heterocycles. The van der Waals surface area contributed by atoms with E-state index in [0.29, 0.717) is 12.8 Å². The molecule has 0 spiro atoms. The van der Waals surface area contributed by atoms with E-state index < -0.39 is 15.6 Å². The van der Waals surface area contributed by atoms with E-state index in [0.717, 1.165) is 0 Å². The molecule has 0 aliphatic rings. The standard InChI is InChI=1S/C12H18Cl2N2O2S.ClH/c1-3-12(4-2,8-15)16-19(17,18)10-7-5-6-9(13)11(10)14;/h5-7,16H,3-4,8,15H2,1-2H3;1H. The summed E-state index contributed by atoms with van der Waals surface area (Å²) in [6.45, 7) is 3.99. The van der Waals surface area contributed by atoms with Crippen LogP contribution in [0.4, 0.5) is 0 Å². The quantitative estimate of drug-likeness (QED) is 0.817. The first-order valence-corrected chi connectivity index (χ1v) is 8.24. The minimum Gasteiger partial charge on any atom is -0.329 e. The van der Waals surface area contributed by atoms with Gasteiger partial charge in [-0.2, -0.15) is 0 Å². The molecule has 8 heteroatoms. The largest absolute Gasteiger partial charge is 0.329 e. The zero-order valence-corrected chi connectivity index (χ0v) is 14.5. The van der Waals surface area contributed by atoms with Crippen molar-refractivity contribution in [1.29, 1.82) is 0 Å². The van der Waals surface area contributed by atoms with E-state index in [4.69, 9.17) is 28.9 Å². The lowest BCUT2D eigenvalue weighted by atomic mass is 9.95. The summed E-state index contributed by atoms with van der Waals surface area (Å²) in [7, 11) is -3.75. The number of benzene rings is 1. The molecule has 0 heterocycles. The van der Waals surface area contributed by atoms with Crippen LogP contribution in [0.25, 0.3) is 0 Å². The monoisotopic (exact) mass is 360 g/mol. The van der Waals surface area contributed by atoms with E-state index in [2.05, 4.69) is 4.72 Å². The van der Waals surface area contributed by atoms with Gasteiger partial charge < -0.3 is 5.73 Å². The van der Waals surface area contributed by atoms with Gasteiger partial charge in [0.15, 0.2) is 0 Å². The van der Waals surface area contributed by atoms with Crippen LogP contribution in [0.3, 0.4) is 0 Å². The molecule has 4 nitrogen and oxygen atoms in total. The maximum Gasteiger partial charge on any atom is 0.242 e. The SMILES string of the molecule is CCC(CC)(CN)NS(=O)(=O)c1cccc(Cl)c1Cl.Cl. The van der Waals surface area contributed by atoms with Crippen LogP contribution in [0.15, 0.2) is 23.1 Å². The highest BCUT2D eigenvalue weighted by atomic mass is 35.5. The topological polar surface area (TPSA) is 72.2 Å². The molecule has 3 N–H and O–H groups in total. The van der Waals surface area contributed by atoms with Crippen LogP contribution in [-0.4, -0.2) is 20.5 Å². The van der Waals surface area contributed by atoms with Crippen LogP contribution in [0.2, 0.25) is 10.0 Å². The van der Waals surface area contributed by atoms with Gasteiger partial charge in [0.05, 0.1) is 10.0 Å². The van der Waals surface area contributed by atoms with E-state index in [9.17, 15) is 8.42 Å². The van der Waals surface area contributed by atoms with Crippen molar-refractivity contribution >= 4 is 45.6 Å². The molecule has 0 aliphatic heterocycles. The number of nitrogens with two attached hydrogens (primary N) is 1. The van der Waals surface area contributed by atoms with Crippen molar-refractivity contribution in [3.05, 3.63) is 28.2 Å². The van der Waals surface area contributed by atoms with Crippen LogP contribution in [0.1, 0.15) is 26.7 Å². The lowest BCUT2D eigenvalue weighted by molar-refractivity contribution is 0.363. The van der Waals surface area contributed by atoms with Crippen molar-refractivity contribution in [2.75, 3.05) is 6.54 Å².